The molecular weight excluding hydrogens is 424 g/mol. The molecule has 0 aliphatic heterocycles. The highest BCUT2D eigenvalue weighted by Gasteiger charge is 2.24. The van der Waals surface area contributed by atoms with Crippen molar-refractivity contribution in [2.45, 2.75) is 42.8 Å². The van der Waals surface area contributed by atoms with Gasteiger partial charge in [0.2, 0.25) is 0 Å². The Labute approximate surface area is 192 Å². The van der Waals surface area contributed by atoms with Crippen molar-refractivity contribution in [3.8, 4) is 17.1 Å². The zero-order valence-electron chi connectivity index (χ0n) is 18.6. The molecule has 32 heavy (non-hydrogen) atoms. The van der Waals surface area contributed by atoms with E-state index < -0.39 is 0 Å². The van der Waals surface area contributed by atoms with Crippen molar-refractivity contribution < 1.29 is 14.3 Å². The first-order chi connectivity index (χ1) is 15.6. The molecule has 0 bridgehead atoms. The SMILES string of the molecule is COC[C@H](C)n1c(SCc2ccc(C(=O)NC3CC3)cc2)nnc1-c1cccc(OC)c1. The second kappa shape index (κ2) is 10.2. The number of aromatic nitrogens is 3. The van der Waals surface area contributed by atoms with Crippen LogP contribution in [0.3, 0.4) is 0 Å². The maximum absolute atomic E-state index is 12.2. The molecule has 1 aromatic heterocycles. The molecule has 1 fully saturated rings. The maximum atomic E-state index is 12.2. The van der Waals surface area contributed by atoms with Crippen molar-refractivity contribution in [3.63, 3.8) is 0 Å². The number of carbonyl (C=O) groups is 1. The summed E-state index contributed by atoms with van der Waals surface area (Å²) < 4.78 is 12.9. The van der Waals surface area contributed by atoms with Crippen LogP contribution in [-0.2, 0) is 10.5 Å². The molecule has 1 aliphatic carbocycles. The zero-order valence-corrected chi connectivity index (χ0v) is 19.4. The molecule has 1 saturated carbocycles. The second-order valence-corrected chi connectivity index (χ2v) is 8.89. The van der Waals surface area contributed by atoms with Gasteiger partial charge < -0.3 is 14.8 Å². The molecule has 0 saturated heterocycles. The topological polar surface area (TPSA) is 78.3 Å². The van der Waals surface area contributed by atoms with Gasteiger partial charge in [0.25, 0.3) is 5.91 Å². The van der Waals surface area contributed by atoms with Gasteiger partial charge in [0.1, 0.15) is 5.75 Å². The van der Waals surface area contributed by atoms with Crippen molar-refractivity contribution in [2.75, 3.05) is 20.8 Å². The molecule has 1 N–H and O–H groups in total. The lowest BCUT2D eigenvalue weighted by atomic mass is 10.1. The summed E-state index contributed by atoms with van der Waals surface area (Å²) in [6, 6.07) is 16.0. The van der Waals surface area contributed by atoms with Gasteiger partial charge >= 0.3 is 0 Å². The molecular formula is C24H28N4O3S. The fourth-order valence-electron chi connectivity index (χ4n) is 3.44. The van der Waals surface area contributed by atoms with E-state index in [4.69, 9.17) is 9.47 Å². The molecule has 4 rings (SSSR count). The van der Waals surface area contributed by atoms with E-state index >= 15 is 0 Å². The summed E-state index contributed by atoms with van der Waals surface area (Å²) in [5.74, 6) is 2.28. The molecule has 1 heterocycles. The Morgan fingerprint density at radius 3 is 2.66 bits per heavy atom. The van der Waals surface area contributed by atoms with Crippen LogP contribution in [0.2, 0.25) is 0 Å². The van der Waals surface area contributed by atoms with Crippen LogP contribution in [0.5, 0.6) is 5.75 Å². The van der Waals surface area contributed by atoms with Gasteiger partial charge in [-0.25, -0.2) is 0 Å². The molecule has 0 unspecified atom stereocenters. The lowest BCUT2D eigenvalue weighted by molar-refractivity contribution is 0.0951. The monoisotopic (exact) mass is 452 g/mol. The van der Waals surface area contributed by atoms with Crippen LogP contribution in [0.15, 0.2) is 53.7 Å². The minimum Gasteiger partial charge on any atom is -0.497 e. The lowest BCUT2D eigenvalue weighted by Gasteiger charge is -2.17. The number of nitrogens with one attached hydrogen (secondary N) is 1. The summed E-state index contributed by atoms with van der Waals surface area (Å²) >= 11 is 1.62. The average molecular weight is 453 g/mol. The Bertz CT molecular complexity index is 1060. The minimum absolute atomic E-state index is 0.00256. The summed E-state index contributed by atoms with van der Waals surface area (Å²) in [7, 11) is 3.35. The van der Waals surface area contributed by atoms with Gasteiger partial charge in [-0.2, -0.15) is 0 Å². The minimum atomic E-state index is 0.00256. The van der Waals surface area contributed by atoms with Gasteiger partial charge in [-0.1, -0.05) is 36.0 Å². The molecule has 2 aromatic carbocycles. The number of hydrogen-bond donors (Lipinski definition) is 1. The third kappa shape index (κ3) is 5.31. The summed E-state index contributed by atoms with van der Waals surface area (Å²) in [4.78, 5) is 12.2. The predicted molar refractivity (Wildman–Crippen MR) is 125 cm³/mol. The van der Waals surface area contributed by atoms with Crippen LogP contribution in [-0.4, -0.2) is 47.5 Å². The predicted octanol–water partition coefficient (Wildman–Crippen LogP) is 4.35. The fraction of sp³-hybridized carbons (Fsp3) is 0.375. The number of hydrogen-bond acceptors (Lipinski definition) is 6. The van der Waals surface area contributed by atoms with Crippen molar-refractivity contribution in [3.05, 3.63) is 59.7 Å². The quantitative estimate of drug-likeness (QED) is 0.461. The van der Waals surface area contributed by atoms with Crippen LogP contribution in [0, 0.1) is 0 Å². The van der Waals surface area contributed by atoms with Crippen LogP contribution in [0.4, 0.5) is 0 Å². The molecule has 168 valence electrons. The number of methoxy groups -OCH3 is 2. The number of ether oxygens (including phenoxy) is 2. The van der Waals surface area contributed by atoms with Crippen molar-refractivity contribution in [2.24, 2.45) is 0 Å². The Balaban J connectivity index is 1.51. The van der Waals surface area contributed by atoms with Gasteiger partial charge in [0.15, 0.2) is 11.0 Å². The first-order valence-electron chi connectivity index (χ1n) is 10.7. The van der Waals surface area contributed by atoms with Gasteiger partial charge in [-0.05, 0) is 49.6 Å². The molecule has 3 aromatic rings. The Morgan fingerprint density at radius 1 is 1.19 bits per heavy atom. The molecule has 1 atom stereocenters. The van der Waals surface area contributed by atoms with Crippen LogP contribution < -0.4 is 10.1 Å². The number of thioether (sulfide) groups is 1. The first-order valence-corrected chi connectivity index (χ1v) is 11.7. The maximum Gasteiger partial charge on any atom is 0.251 e. The molecule has 7 nitrogen and oxygen atoms in total. The summed E-state index contributed by atoms with van der Waals surface area (Å²) in [5.41, 5.74) is 2.76. The number of carbonyl (C=O) groups excluding carboxylic acids is 1. The van der Waals surface area contributed by atoms with E-state index in [1.807, 2.05) is 48.5 Å². The van der Waals surface area contributed by atoms with E-state index in [9.17, 15) is 4.79 Å². The van der Waals surface area contributed by atoms with Gasteiger partial charge in [0, 0.05) is 30.0 Å². The highest BCUT2D eigenvalue weighted by molar-refractivity contribution is 7.98. The van der Waals surface area contributed by atoms with Crippen LogP contribution >= 0.6 is 11.8 Å². The number of nitrogens with zero attached hydrogens (tertiary/aromatic N) is 3. The average Bonchev–Trinajstić information content (AvgIpc) is 3.53. The largest absolute Gasteiger partial charge is 0.497 e. The van der Waals surface area contributed by atoms with E-state index in [2.05, 4.69) is 27.0 Å². The number of rotatable bonds is 10. The standard InChI is InChI=1S/C24H28N4O3S/c1-16(14-30-2)28-22(19-5-4-6-21(13-19)31-3)26-27-24(28)32-15-17-7-9-18(10-8-17)23(29)25-20-11-12-20/h4-10,13,16,20H,11-12,14-15H2,1-3H3,(H,25,29)/t16-/m0/s1. The van der Waals surface area contributed by atoms with Gasteiger partial charge in [0.05, 0.1) is 19.8 Å². The Hall–Kier alpha value is -2.84. The van der Waals surface area contributed by atoms with Crippen molar-refractivity contribution in [1.82, 2.24) is 20.1 Å². The van der Waals surface area contributed by atoms with E-state index in [0.717, 1.165) is 46.5 Å². The fourth-order valence-corrected chi connectivity index (χ4v) is 4.44. The molecule has 0 radical (unpaired) electrons. The molecule has 0 spiro atoms. The highest BCUT2D eigenvalue weighted by Crippen LogP contribution is 2.31. The van der Waals surface area contributed by atoms with Crippen molar-refractivity contribution >= 4 is 17.7 Å². The van der Waals surface area contributed by atoms with Crippen molar-refractivity contribution in [1.29, 1.82) is 0 Å². The Kier molecular flexibility index (Phi) is 7.12. The first kappa shape index (κ1) is 22.4. The van der Waals surface area contributed by atoms with E-state index in [1.54, 1.807) is 26.0 Å². The highest BCUT2D eigenvalue weighted by atomic mass is 32.2. The summed E-state index contributed by atoms with van der Waals surface area (Å²) in [5, 5.41) is 12.8. The summed E-state index contributed by atoms with van der Waals surface area (Å²) in [6.07, 6.45) is 2.17. The van der Waals surface area contributed by atoms with Crippen LogP contribution in [0.25, 0.3) is 11.4 Å². The van der Waals surface area contributed by atoms with E-state index in [0.29, 0.717) is 18.2 Å². The molecule has 8 heteroatoms. The lowest BCUT2D eigenvalue weighted by Crippen LogP contribution is -2.25. The van der Waals surface area contributed by atoms with Gasteiger partial charge in [-0.3, -0.25) is 9.36 Å². The normalized spacial score (nSPS) is 14.2. The molecule has 1 amide bonds. The summed E-state index contributed by atoms with van der Waals surface area (Å²) in [6.45, 7) is 2.64. The van der Waals surface area contributed by atoms with E-state index in [1.165, 1.54) is 0 Å². The zero-order chi connectivity index (χ0) is 22.5. The van der Waals surface area contributed by atoms with Gasteiger partial charge in [-0.15, -0.1) is 10.2 Å². The van der Waals surface area contributed by atoms with E-state index in [-0.39, 0.29) is 11.9 Å². The number of benzene rings is 2. The Morgan fingerprint density at radius 2 is 1.97 bits per heavy atom. The van der Waals surface area contributed by atoms with Crippen LogP contribution in [0.1, 0.15) is 41.7 Å². The third-order valence-corrected chi connectivity index (χ3v) is 6.35. The number of amides is 1. The molecule has 1 aliphatic rings. The third-order valence-electron chi connectivity index (χ3n) is 5.34. The second-order valence-electron chi connectivity index (χ2n) is 7.95. The smallest absolute Gasteiger partial charge is 0.251 e.